The van der Waals surface area contributed by atoms with Crippen molar-refractivity contribution in [1.82, 2.24) is 5.43 Å². The van der Waals surface area contributed by atoms with E-state index in [1.807, 2.05) is 7.11 Å². The second-order valence-electron chi connectivity index (χ2n) is 4.42. The maximum atomic E-state index is 5.60. The molecular weight excluding hydrogens is 164 g/mol. The fourth-order valence-corrected chi connectivity index (χ4v) is 2.36. The van der Waals surface area contributed by atoms with Gasteiger partial charge in [0.15, 0.2) is 0 Å². The number of nitrogens with one attached hydrogen (secondary N) is 1. The van der Waals surface area contributed by atoms with Crippen molar-refractivity contribution in [2.45, 2.75) is 44.2 Å². The molecule has 2 atom stereocenters. The molecule has 0 aliphatic heterocycles. The van der Waals surface area contributed by atoms with Gasteiger partial charge in [-0.25, -0.2) is 0 Å². The summed E-state index contributed by atoms with van der Waals surface area (Å²) < 4.78 is 5.54. The molecule has 0 spiro atoms. The van der Waals surface area contributed by atoms with Crippen LogP contribution >= 0.6 is 0 Å². The fraction of sp³-hybridized carbons (Fsp3) is 1.00. The van der Waals surface area contributed by atoms with E-state index in [-0.39, 0.29) is 0 Å². The number of nitrogens with two attached hydrogens (primary N) is 1. The summed E-state index contributed by atoms with van der Waals surface area (Å²) in [5.74, 6) is 7.12. The first-order chi connectivity index (χ1) is 6.36. The van der Waals surface area contributed by atoms with E-state index in [9.17, 15) is 0 Å². The van der Waals surface area contributed by atoms with Gasteiger partial charge in [0.05, 0.1) is 12.1 Å². The van der Waals surface area contributed by atoms with Crippen molar-refractivity contribution in [1.29, 1.82) is 0 Å². The Kier molecular flexibility index (Phi) is 2.86. The van der Waals surface area contributed by atoms with Gasteiger partial charge in [-0.3, -0.25) is 11.3 Å². The summed E-state index contributed by atoms with van der Waals surface area (Å²) >= 11 is 0. The highest BCUT2D eigenvalue weighted by atomic mass is 16.5. The van der Waals surface area contributed by atoms with E-state index in [1.54, 1.807) is 0 Å². The number of hydrazine groups is 1. The Balaban J connectivity index is 1.91. The molecule has 0 saturated heterocycles. The Labute approximate surface area is 80.0 Å². The van der Waals surface area contributed by atoms with Gasteiger partial charge in [-0.15, -0.1) is 0 Å². The van der Waals surface area contributed by atoms with E-state index >= 15 is 0 Å². The predicted octanol–water partition coefficient (Wildman–Crippen LogP) is 1.04. The first-order valence-corrected chi connectivity index (χ1v) is 5.35. The van der Waals surface area contributed by atoms with Gasteiger partial charge in [-0.05, 0) is 37.5 Å². The number of ether oxygens (including phenoxy) is 1. The lowest BCUT2D eigenvalue weighted by Crippen LogP contribution is -2.52. The topological polar surface area (TPSA) is 47.3 Å². The molecule has 2 unspecified atom stereocenters. The summed E-state index contributed by atoms with van der Waals surface area (Å²) in [5, 5.41) is 0. The molecule has 3 N–H and O–H groups in total. The largest absolute Gasteiger partial charge is 0.379 e. The lowest BCUT2D eigenvalue weighted by atomic mass is 9.77. The quantitative estimate of drug-likeness (QED) is 0.496. The molecule has 2 saturated carbocycles. The monoisotopic (exact) mass is 184 g/mol. The minimum Gasteiger partial charge on any atom is -0.379 e. The van der Waals surface area contributed by atoms with Crippen LogP contribution < -0.4 is 11.3 Å². The molecule has 2 aliphatic carbocycles. The third-order valence-corrected chi connectivity index (χ3v) is 3.56. The average molecular weight is 184 g/mol. The van der Waals surface area contributed by atoms with Gasteiger partial charge < -0.3 is 4.74 Å². The Morgan fingerprint density at radius 3 is 2.23 bits per heavy atom. The van der Waals surface area contributed by atoms with Gasteiger partial charge in [-0.2, -0.15) is 0 Å². The maximum absolute atomic E-state index is 5.60. The van der Waals surface area contributed by atoms with Crippen LogP contribution in [0.3, 0.4) is 0 Å². The third kappa shape index (κ3) is 1.87. The van der Waals surface area contributed by atoms with Crippen molar-refractivity contribution < 1.29 is 4.74 Å². The van der Waals surface area contributed by atoms with Crippen LogP contribution in [0.1, 0.15) is 32.1 Å². The van der Waals surface area contributed by atoms with Crippen molar-refractivity contribution in [3.63, 3.8) is 0 Å². The SMILES string of the molecule is COC(C1CC1)C(NN)C1CCC1. The van der Waals surface area contributed by atoms with Crippen LogP contribution in [0.5, 0.6) is 0 Å². The molecule has 0 bridgehead atoms. The summed E-state index contributed by atoms with van der Waals surface area (Å²) in [5.41, 5.74) is 2.95. The van der Waals surface area contributed by atoms with Crippen molar-refractivity contribution in [3.8, 4) is 0 Å². The Hall–Kier alpha value is -0.120. The summed E-state index contributed by atoms with van der Waals surface area (Å²) in [6.07, 6.45) is 7.01. The zero-order valence-corrected chi connectivity index (χ0v) is 8.33. The summed E-state index contributed by atoms with van der Waals surface area (Å²) in [6, 6.07) is 0.395. The van der Waals surface area contributed by atoms with Crippen LogP contribution in [0.4, 0.5) is 0 Å². The molecule has 2 rings (SSSR count). The van der Waals surface area contributed by atoms with Gasteiger partial charge in [0.25, 0.3) is 0 Å². The fourth-order valence-electron chi connectivity index (χ4n) is 2.36. The molecule has 0 heterocycles. The molecule has 13 heavy (non-hydrogen) atoms. The Morgan fingerprint density at radius 1 is 1.23 bits per heavy atom. The van der Waals surface area contributed by atoms with E-state index in [1.165, 1.54) is 32.1 Å². The lowest BCUT2D eigenvalue weighted by Gasteiger charge is -2.37. The highest BCUT2D eigenvalue weighted by molar-refractivity contribution is 4.94. The molecule has 2 fully saturated rings. The Bertz CT molecular complexity index is 166. The molecule has 3 nitrogen and oxygen atoms in total. The van der Waals surface area contributed by atoms with Gasteiger partial charge in [-0.1, -0.05) is 6.42 Å². The van der Waals surface area contributed by atoms with Crippen LogP contribution in [-0.2, 0) is 4.74 Å². The first kappa shape index (κ1) is 9.44. The van der Waals surface area contributed by atoms with E-state index in [2.05, 4.69) is 5.43 Å². The van der Waals surface area contributed by atoms with E-state index in [0.29, 0.717) is 12.1 Å². The molecule has 0 amide bonds. The van der Waals surface area contributed by atoms with Crippen LogP contribution in [-0.4, -0.2) is 19.3 Å². The van der Waals surface area contributed by atoms with Crippen molar-refractivity contribution in [2.24, 2.45) is 17.7 Å². The second-order valence-corrected chi connectivity index (χ2v) is 4.42. The van der Waals surface area contributed by atoms with Crippen LogP contribution in [0.15, 0.2) is 0 Å². The van der Waals surface area contributed by atoms with Crippen LogP contribution in [0.2, 0.25) is 0 Å². The first-order valence-electron chi connectivity index (χ1n) is 5.35. The lowest BCUT2D eigenvalue weighted by molar-refractivity contribution is 0.0155. The van der Waals surface area contributed by atoms with Crippen LogP contribution in [0.25, 0.3) is 0 Å². The molecule has 2 aliphatic rings. The standard InChI is InChI=1S/C10H20N2O/c1-13-10(8-5-6-8)9(12-11)7-3-2-4-7/h7-10,12H,2-6,11H2,1H3. The van der Waals surface area contributed by atoms with E-state index < -0.39 is 0 Å². The smallest absolute Gasteiger partial charge is 0.0768 e. The van der Waals surface area contributed by atoms with Crippen molar-refractivity contribution >= 4 is 0 Å². The molecule has 0 aromatic rings. The zero-order chi connectivity index (χ0) is 9.26. The summed E-state index contributed by atoms with van der Waals surface area (Å²) in [7, 11) is 1.81. The summed E-state index contributed by atoms with van der Waals surface area (Å²) in [4.78, 5) is 0. The van der Waals surface area contributed by atoms with Crippen molar-refractivity contribution in [3.05, 3.63) is 0 Å². The van der Waals surface area contributed by atoms with E-state index in [0.717, 1.165) is 11.8 Å². The molecule has 3 heteroatoms. The summed E-state index contributed by atoms with van der Waals surface area (Å²) in [6.45, 7) is 0. The Morgan fingerprint density at radius 2 is 1.92 bits per heavy atom. The highest BCUT2D eigenvalue weighted by Crippen LogP contribution is 2.40. The minimum atomic E-state index is 0.357. The number of methoxy groups -OCH3 is 1. The highest BCUT2D eigenvalue weighted by Gasteiger charge is 2.41. The number of rotatable bonds is 5. The van der Waals surface area contributed by atoms with Gasteiger partial charge in [0.2, 0.25) is 0 Å². The van der Waals surface area contributed by atoms with E-state index in [4.69, 9.17) is 10.6 Å². The predicted molar refractivity (Wildman–Crippen MR) is 52.0 cm³/mol. The zero-order valence-electron chi connectivity index (χ0n) is 8.33. The van der Waals surface area contributed by atoms with Crippen molar-refractivity contribution in [2.75, 3.05) is 7.11 Å². The van der Waals surface area contributed by atoms with Gasteiger partial charge in [0, 0.05) is 7.11 Å². The van der Waals surface area contributed by atoms with Gasteiger partial charge in [0.1, 0.15) is 0 Å². The minimum absolute atomic E-state index is 0.357. The maximum Gasteiger partial charge on any atom is 0.0768 e. The molecule has 0 aromatic heterocycles. The molecule has 0 aromatic carbocycles. The molecule has 76 valence electrons. The second kappa shape index (κ2) is 3.95. The number of hydrogen-bond acceptors (Lipinski definition) is 3. The third-order valence-electron chi connectivity index (χ3n) is 3.56. The average Bonchev–Trinajstić information content (AvgIpc) is 2.84. The number of hydrogen-bond donors (Lipinski definition) is 2. The van der Waals surface area contributed by atoms with Gasteiger partial charge >= 0.3 is 0 Å². The molecular formula is C10H20N2O. The molecule has 0 radical (unpaired) electrons. The van der Waals surface area contributed by atoms with Crippen LogP contribution in [0, 0.1) is 11.8 Å². The normalized spacial score (nSPS) is 28.2.